The smallest absolute Gasteiger partial charge is 0.274 e. The van der Waals surface area contributed by atoms with Crippen LogP contribution in [0.2, 0.25) is 0 Å². The molecule has 160 valence electrons. The first kappa shape index (κ1) is 20.9. The summed E-state index contributed by atoms with van der Waals surface area (Å²) in [5, 5.41) is 0. The van der Waals surface area contributed by atoms with Crippen molar-refractivity contribution in [3.8, 4) is 0 Å². The first-order chi connectivity index (χ1) is 14.4. The van der Waals surface area contributed by atoms with Crippen LogP contribution in [-0.2, 0) is 10.0 Å². The van der Waals surface area contributed by atoms with E-state index >= 15 is 0 Å². The quantitative estimate of drug-likeness (QED) is 0.748. The lowest BCUT2D eigenvalue weighted by Gasteiger charge is -2.33. The molecule has 0 bridgehead atoms. The Bertz CT molecular complexity index is 976. The fourth-order valence-corrected chi connectivity index (χ4v) is 5.72. The van der Waals surface area contributed by atoms with E-state index in [1.807, 2.05) is 19.1 Å². The van der Waals surface area contributed by atoms with E-state index in [1.54, 1.807) is 23.2 Å². The summed E-state index contributed by atoms with van der Waals surface area (Å²) in [5.74, 6) is 0.339. The number of aryl methyl sites for hydroxylation is 1. The molecule has 1 aromatic carbocycles. The Morgan fingerprint density at radius 3 is 2.20 bits per heavy atom. The van der Waals surface area contributed by atoms with Crippen LogP contribution in [-0.4, -0.2) is 59.7 Å². The third-order valence-corrected chi connectivity index (χ3v) is 8.03. The summed E-state index contributed by atoms with van der Waals surface area (Å²) in [7, 11) is -3.56. The van der Waals surface area contributed by atoms with Crippen LogP contribution in [0, 0.1) is 6.92 Å². The number of amides is 1. The molecule has 1 aliphatic carbocycles. The van der Waals surface area contributed by atoms with E-state index in [2.05, 4.69) is 9.97 Å². The highest BCUT2D eigenvalue weighted by molar-refractivity contribution is 7.89. The van der Waals surface area contributed by atoms with Crippen LogP contribution < -0.4 is 0 Å². The standard InChI is InChI=1S/C22H28N4O3S/c1-17-15-24-21(16-23-17)22(27)25-11-13-26(14-12-25)30(28,29)20-9-7-19(8-10-20)18-5-3-2-4-6-18/h7-10,15-16,18H,2-6,11-14H2,1H3. The zero-order valence-electron chi connectivity index (χ0n) is 17.3. The van der Waals surface area contributed by atoms with Crippen LogP contribution in [0.15, 0.2) is 41.6 Å². The molecule has 1 saturated carbocycles. The monoisotopic (exact) mass is 428 g/mol. The summed E-state index contributed by atoms with van der Waals surface area (Å²) in [6.07, 6.45) is 9.21. The van der Waals surface area contributed by atoms with Crippen molar-refractivity contribution in [3.05, 3.63) is 53.6 Å². The topological polar surface area (TPSA) is 83.5 Å². The van der Waals surface area contributed by atoms with Crippen molar-refractivity contribution in [3.63, 3.8) is 0 Å². The van der Waals surface area contributed by atoms with Crippen molar-refractivity contribution in [2.45, 2.75) is 49.8 Å². The van der Waals surface area contributed by atoms with Crippen molar-refractivity contribution >= 4 is 15.9 Å². The molecule has 0 atom stereocenters. The molecule has 30 heavy (non-hydrogen) atoms. The van der Waals surface area contributed by atoms with Crippen LogP contribution in [0.25, 0.3) is 0 Å². The van der Waals surface area contributed by atoms with Gasteiger partial charge in [-0.3, -0.25) is 9.78 Å². The molecule has 2 aliphatic rings. The average Bonchev–Trinajstić information content (AvgIpc) is 2.80. The second-order valence-electron chi connectivity index (χ2n) is 8.14. The third kappa shape index (κ3) is 4.39. The first-order valence-electron chi connectivity index (χ1n) is 10.6. The molecule has 0 spiro atoms. The minimum atomic E-state index is -3.56. The van der Waals surface area contributed by atoms with Crippen LogP contribution in [0.1, 0.15) is 59.8 Å². The lowest BCUT2D eigenvalue weighted by Crippen LogP contribution is -2.50. The Labute approximate surface area is 178 Å². The van der Waals surface area contributed by atoms with Gasteiger partial charge in [-0.05, 0) is 43.4 Å². The first-order valence-corrected chi connectivity index (χ1v) is 12.1. The molecule has 0 N–H and O–H groups in total. The number of sulfonamides is 1. The Balaban J connectivity index is 1.39. The highest BCUT2D eigenvalue weighted by atomic mass is 32.2. The predicted octanol–water partition coefficient (Wildman–Crippen LogP) is 2.98. The van der Waals surface area contributed by atoms with Gasteiger partial charge in [-0.2, -0.15) is 4.31 Å². The van der Waals surface area contributed by atoms with Crippen LogP contribution in [0.5, 0.6) is 0 Å². The summed E-state index contributed by atoms with van der Waals surface area (Å²) in [6, 6.07) is 7.41. The summed E-state index contributed by atoms with van der Waals surface area (Å²) in [4.78, 5) is 22.8. The summed E-state index contributed by atoms with van der Waals surface area (Å²) in [5.41, 5.74) is 2.27. The molecule has 0 unspecified atom stereocenters. The highest BCUT2D eigenvalue weighted by Crippen LogP contribution is 2.33. The van der Waals surface area contributed by atoms with Crippen molar-refractivity contribution in [1.82, 2.24) is 19.2 Å². The maximum absolute atomic E-state index is 13.1. The average molecular weight is 429 g/mol. The lowest BCUT2D eigenvalue weighted by molar-refractivity contribution is 0.0691. The van der Waals surface area contributed by atoms with Gasteiger partial charge in [0.25, 0.3) is 5.91 Å². The van der Waals surface area contributed by atoms with Crippen LogP contribution in [0.4, 0.5) is 0 Å². The fraction of sp³-hybridized carbons (Fsp3) is 0.500. The molecule has 1 saturated heterocycles. The Kier molecular flexibility index (Phi) is 6.15. The number of carbonyl (C=O) groups is 1. The van der Waals surface area contributed by atoms with E-state index in [4.69, 9.17) is 0 Å². The molecule has 8 heteroatoms. The number of benzene rings is 1. The van der Waals surface area contributed by atoms with E-state index in [9.17, 15) is 13.2 Å². The van der Waals surface area contributed by atoms with E-state index in [0.29, 0.717) is 23.9 Å². The van der Waals surface area contributed by atoms with Crippen molar-refractivity contribution < 1.29 is 13.2 Å². The van der Waals surface area contributed by atoms with Gasteiger partial charge < -0.3 is 4.90 Å². The molecule has 1 aliphatic heterocycles. The SMILES string of the molecule is Cc1cnc(C(=O)N2CCN(S(=O)(=O)c3ccc(C4CCCCC4)cc3)CC2)cn1. The molecule has 7 nitrogen and oxygen atoms in total. The Morgan fingerprint density at radius 2 is 1.60 bits per heavy atom. The van der Waals surface area contributed by atoms with Crippen LogP contribution >= 0.6 is 0 Å². The molecular weight excluding hydrogens is 400 g/mol. The number of hydrogen-bond donors (Lipinski definition) is 0. The Hall–Kier alpha value is -2.32. The maximum atomic E-state index is 13.1. The number of nitrogens with zero attached hydrogens (tertiary/aromatic N) is 4. The van der Waals surface area contributed by atoms with Gasteiger partial charge in [-0.1, -0.05) is 31.4 Å². The van der Waals surface area contributed by atoms with Gasteiger partial charge >= 0.3 is 0 Å². The number of piperazine rings is 1. The normalized spacial score (nSPS) is 19.0. The number of rotatable bonds is 4. The van der Waals surface area contributed by atoms with Crippen molar-refractivity contribution in [1.29, 1.82) is 0 Å². The van der Waals surface area contributed by atoms with Crippen LogP contribution in [0.3, 0.4) is 0 Å². The fourth-order valence-electron chi connectivity index (χ4n) is 4.29. The summed E-state index contributed by atoms with van der Waals surface area (Å²) in [6.45, 7) is 3.05. The largest absolute Gasteiger partial charge is 0.335 e. The maximum Gasteiger partial charge on any atom is 0.274 e. The van der Waals surface area contributed by atoms with Gasteiger partial charge in [0.1, 0.15) is 5.69 Å². The van der Waals surface area contributed by atoms with Crippen molar-refractivity contribution in [2.75, 3.05) is 26.2 Å². The van der Waals surface area contributed by atoms with E-state index in [1.165, 1.54) is 48.2 Å². The highest BCUT2D eigenvalue weighted by Gasteiger charge is 2.31. The molecular formula is C22H28N4O3S. The minimum Gasteiger partial charge on any atom is -0.335 e. The second-order valence-corrected chi connectivity index (χ2v) is 10.1. The zero-order chi connectivity index (χ0) is 21.1. The number of aromatic nitrogens is 2. The van der Waals surface area contributed by atoms with Crippen molar-refractivity contribution in [2.24, 2.45) is 0 Å². The van der Waals surface area contributed by atoms with E-state index < -0.39 is 10.0 Å². The van der Waals surface area contributed by atoms with Gasteiger partial charge in [-0.15, -0.1) is 0 Å². The van der Waals surface area contributed by atoms with Gasteiger partial charge in [0.15, 0.2) is 0 Å². The van der Waals surface area contributed by atoms with Gasteiger partial charge in [0.05, 0.1) is 16.8 Å². The van der Waals surface area contributed by atoms with Gasteiger partial charge in [-0.25, -0.2) is 13.4 Å². The van der Waals surface area contributed by atoms with Gasteiger partial charge in [0, 0.05) is 32.4 Å². The van der Waals surface area contributed by atoms with Gasteiger partial charge in [0.2, 0.25) is 10.0 Å². The lowest BCUT2D eigenvalue weighted by atomic mass is 9.84. The second kappa shape index (κ2) is 8.81. The summed E-state index contributed by atoms with van der Waals surface area (Å²) >= 11 is 0. The molecule has 2 fully saturated rings. The minimum absolute atomic E-state index is 0.212. The molecule has 2 aromatic rings. The Morgan fingerprint density at radius 1 is 0.933 bits per heavy atom. The predicted molar refractivity (Wildman–Crippen MR) is 114 cm³/mol. The molecule has 1 amide bonds. The molecule has 4 rings (SSSR count). The molecule has 1 aromatic heterocycles. The van der Waals surface area contributed by atoms with E-state index in [-0.39, 0.29) is 24.7 Å². The zero-order valence-corrected chi connectivity index (χ0v) is 18.1. The molecule has 2 heterocycles. The number of carbonyl (C=O) groups excluding carboxylic acids is 1. The third-order valence-electron chi connectivity index (χ3n) is 6.12. The molecule has 0 radical (unpaired) electrons. The van der Waals surface area contributed by atoms with E-state index in [0.717, 1.165) is 5.69 Å². The number of hydrogen-bond acceptors (Lipinski definition) is 5. The summed E-state index contributed by atoms with van der Waals surface area (Å²) < 4.78 is 27.6.